The Bertz CT molecular complexity index is 1720. The van der Waals surface area contributed by atoms with Gasteiger partial charge in [-0.3, -0.25) is 9.59 Å². The summed E-state index contributed by atoms with van der Waals surface area (Å²) in [5, 5.41) is 12.3. The fourth-order valence-corrected chi connectivity index (χ4v) is 6.00. The number of rotatable bonds is 13. The molecule has 0 aliphatic carbocycles. The van der Waals surface area contributed by atoms with Gasteiger partial charge in [0, 0.05) is 42.7 Å². The van der Waals surface area contributed by atoms with E-state index in [1.54, 1.807) is 24.5 Å². The van der Waals surface area contributed by atoms with E-state index in [9.17, 15) is 22.8 Å². The Morgan fingerprint density at radius 1 is 0.960 bits per heavy atom. The zero-order chi connectivity index (χ0) is 35.9. The maximum Gasteiger partial charge on any atom is 0.490 e. The zero-order valence-electron chi connectivity index (χ0n) is 27.7. The largest absolute Gasteiger partial charge is 0.497 e. The SMILES string of the molecule is COc1ccc(C=CC(=O)N(CCc2cccs2)Cc2cccc(-c3cccc(C(=O)NCCN4CCCC4)c3)c2)cc1.O=C(O)C(F)(F)F. The van der Waals surface area contributed by atoms with Crippen LogP contribution in [-0.2, 0) is 22.6 Å². The minimum absolute atomic E-state index is 0.0367. The Labute approximate surface area is 293 Å². The number of nitrogens with one attached hydrogen (secondary N) is 1. The maximum absolute atomic E-state index is 13.4. The molecule has 264 valence electrons. The number of carboxylic acids is 1. The highest BCUT2D eigenvalue weighted by atomic mass is 32.1. The number of benzene rings is 3. The van der Waals surface area contributed by atoms with E-state index in [2.05, 4.69) is 39.9 Å². The number of amides is 2. The molecule has 1 saturated heterocycles. The summed E-state index contributed by atoms with van der Waals surface area (Å²) in [5.41, 5.74) is 4.62. The highest BCUT2D eigenvalue weighted by Crippen LogP contribution is 2.23. The van der Waals surface area contributed by atoms with E-state index in [-0.39, 0.29) is 11.8 Å². The summed E-state index contributed by atoms with van der Waals surface area (Å²) < 4.78 is 37.0. The van der Waals surface area contributed by atoms with Crippen LogP contribution in [0.2, 0.25) is 0 Å². The van der Waals surface area contributed by atoms with E-state index in [0.29, 0.717) is 25.2 Å². The summed E-state index contributed by atoms with van der Waals surface area (Å²) in [6.45, 7) is 4.89. The van der Waals surface area contributed by atoms with Crippen LogP contribution in [0.3, 0.4) is 0 Å². The standard InChI is InChI=1S/C36H39N3O3S.C2HF3O2/c1-42-33-15-12-28(13-16-33)14-17-35(40)39(22-18-34-11-6-24-43-34)27-29-7-4-8-30(25-29)31-9-5-10-32(26-31)36(41)37-19-23-38-20-2-3-21-38;3-2(4,5)1(6)7/h4-17,24-26H,2-3,18-23,27H2,1H3,(H,37,41);(H,6,7). The van der Waals surface area contributed by atoms with Gasteiger partial charge in [-0.15, -0.1) is 11.3 Å². The number of methoxy groups -OCH3 is 1. The Morgan fingerprint density at radius 2 is 1.64 bits per heavy atom. The van der Waals surface area contributed by atoms with Crippen LogP contribution in [0, 0.1) is 0 Å². The second kappa shape index (κ2) is 18.7. The molecule has 2 N–H and O–H groups in total. The number of hydrogen-bond acceptors (Lipinski definition) is 6. The van der Waals surface area contributed by atoms with E-state index in [1.165, 1.54) is 17.7 Å². The lowest BCUT2D eigenvalue weighted by atomic mass is 10.0. The number of ether oxygens (including phenoxy) is 1. The summed E-state index contributed by atoms with van der Waals surface area (Å²) in [6.07, 6.45) is 1.70. The maximum atomic E-state index is 13.4. The highest BCUT2D eigenvalue weighted by molar-refractivity contribution is 7.09. The molecule has 0 unspecified atom stereocenters. The van der Waals surface area contributed by atoms with Crippen molar-refractivity contribution >= 4 is 35.2 Å². The lowest BCUT2D eigenvalue weighted by Gasteiger charge is -2.22. The first kappa shape index (κ1) is 37.9. The number of carboxylic acid groups (broad SMARTS) is 1. The lowest BCUT2D eigenvalue weighted by molar-refractivity contribution is -0.192. The fraction of sp³-hybridized carbons (Fsp3) is 0.289. The van der Waals surface area contributed by atoms with E-state index in [1.807, 2.05) is 71.6 Å². The monoisotopic (exact) mass is 707 g/mol. The molecule has 5 rings (SSSR count). The Morgan fingerprint density at radius 3 is 2.28 bits per heavy atom. The second-order valence-corrected chi connectivity index (χ2v) is 12.6. The molecule has 1 fully saturated rings. The molecule has 4 aromatic rings. The smallest absolute Gasteiger partial charge is 0.490 e. The number of likely N-dealkylation sites (tertiary alicyclic amines) is 1. The molecule has 1 aliphatic rings. The van der Waals surface area contributed by atoms with Crippen molar-refractivity contribution in [1.82, 2.24) is 15.1 Å². The van der Waals surface area contributed by atoms with Crippen molar-refractivity contribution in [1.29, 1.82) is 0 Å². The van der Waals surface area contributed by atoms with Gasteiger partial charge in [0.05, 0.1) is 7.11 Å². The number of aliphatic carboxylic acids is 1. The number of carbonyl (C=O) groups is 3. The van der Waals surface area contributed by atoms with Crippen LogP contribution in [-0.4, -0.2) is 78.7 Å². The first-order valence-corrected chi connectivity index (χ1v) is 17.0. The van der Waals surface area contributed by atoms with Crippen molar-refractivity contribution in [3.63, 3.8) is 0 Å². The highest BCUT2D eigenvalue weighted by Gasteiger charge is 2.38. The molecule has 1 aromatic heterocycles. The van der Waals surface area contributed by atoms with Gasteiger partial charge < -0.3 is 25.0 Å². The third-order valence-corrected chi connectivity index (χ3v) is 8.90. The van der Waals surface area contributed by atoms with Gasteiger partial charge in [0.2, 0.25) is 5.91 Å². The Kier molecular flexibility index (Phi) is 14.2. The van der Waals surface area contributed by atoms with Crippen molar-refractivity contribution in [2.45, 2.75) is 32.0 Å². The van der Waals surface area contributed by atoms with Crippen LogP contribution >= 0.6 is 11.3 Å². The van der Waals surface area contributed by atoms with E-state index < -0.39 is 12.1 Å². The Balaban J connectivity index is 0.000000727. The number of carbonyl (C=O) groups excluding carboxylic acids is 2. The average Bonchev–Trinajstić information content (AvgIpc) is 3.84. The molecule has 0 bridgehead atoms. The van der Waals surface area contributed by atoms with Gasteiger partial charge in [-0.2, -0.15) is 13.2 Å². The van der Waals surface area contributed by atoms with Gasteiger partial charge in [0.15, 0.2) is 0 Å². The molecule has 2 heterocycles. The van der Waals surface area contributed by atoms with Crippen LogP contribution in [0.1, 0.15) is 39.2 Å². The molecular weight excluding hydrogens is 667 g/mol. The van der Waals surface area contributed by atoms with Crippen LogP contribution in [0.4, 0.5) is 13.2 Å². The zero-order valence-corrected chi connectivity index (χ0v) is 28.5. The molecule has 0 radical (unpaired) electrons. The number of alkyl halides is 3. The number of thiophene rings is 1. The second-order valence-electron chi connectivity index (χ2n) is 11.6. The minimum Gasteiger partial charge on any atom is -0.497 e. The molecule has 3 aromatic carbocycles. The van der Waals surface area contributed by atoms with Crippen LogP contribution in [0.25, 0.3) is 17.2 Å². The van der Waals surface area contributed by atoms with Crippen molar-refractivity contribution in [3.05, 3.63) is 118 Å². The van der Waals surface area contributed by atoms with Gasteiger partial charge in [-0.05, 0) is 102 Å². The lowest BCUT2D eigenvalue weighted by Crippen LogP contribution is -2.33. The van der Waals surface area contributed by atoms with E-state index in [4.69, 9.17) is 14.6 Å². The first-order chi connectivity index (χ1) is 24.0. The first-order valence-electron chi connectivity index (χ1n) is 16.2. The average molecular weight is 708 g/mol. The molecule has 0 atom stereocenters. The molecule has 2 amide bonds. The molecular formula is C38H40F3N3O5S. The predicted octanol–water partition coefficient (Wildman–Crippen LogP) is 7.17. The van der Waals surface area contributed by atoms with Crippen LogP contribution in [0.5, 0.6) is 5.75 Å². The summed E-state index contributed by atoms with van der Waals surface area (Å²) in [5.74, 6) is -2.06. The number of nitrogens with zero attached hydrogens (tertiary/aromatic N) is 2. The Hall–Kier alpha value is -4.94. The van der Waals surface area contributed by atoms with Gasteiger partial charge in [-0.1, -0.05) is 48.5 Å². The van der Waals surface area contributed by atoms with Gasteiger partial charge >= 0.3 is 12.1 Å². The third kappa shape index (κ3) is 12.2. The van der Waals surface area contributed by atoms with Crippen LogP contribution < -0.4 is 10.1 Å². The summed E-state index contributed by atoms with van der Waals surface area (Å²) in [6, 6.07) is 27.8. The van der Waals surface area contributed by atoms with Crippen molar-refractivity contribution in [2.24, 2.45) is 0 Å². The molecule has 50 heavy (non-hydrogen) atoms. The topological polar surface area (TPSA) is 99.2 Å². The fourth-order valence-electron chi connectivity index (χ4n) is 5.30. The molecule has 12 heteroatoms. The molecule has 0 saturated carbocycles. The van der Waals surface area contributed by atoms with E-state index in [0.717, 1.165) is 54.1 Å². The normalized spacial score (nSPS) is 13.0. The van der Waals surface area contributed by atoms with E-state index >= 15 is 0 Å². The van der Waals surface area contributed by atoms with Gasteiger partial charge in [0.25, 0.3) is 5.91 Å². The van der Waals surface area contributed by atoms with Crippen molar-refractivity contribution in [2.75, 3.05) is 39.8 Å². The van der Waals surface area contributed by atoms with Crippen molar-refractivity contribution < 1.29 is 37.4 Å². The van der Waals surface area contributed by atoms with Gasteiger partial charge in [-0.25, -0.2) is 4.79 Å². The summed E-state index contributed by atoms with van der Waals surface area (Å²) >= 11 is 1.71. The molecule has 0 spiro atoms. The number of hydrogen-bond donors (Lipinski definition) is 2. The summed E-state index contributed by atoms with van der Waals surface area (Å²) in [7, 11) is 1.64. The van der Waals surface area contributed by atoms with Gasteiger partial charge in [0.1, 0.15) is 5.75 Å². The quantitative estimate of drug-likeness (QED) is 0.143. The predicted molar refractivity (Wildman–Crippen MR) is 189 cm³/mol. The van der Waals surface area contributed by atoms with Crippen molar-refractivity contribution in [3.8, 4) is 16.9 Å². The molecule has 8 nitrogen and oxygen atoms in total. The minimum atomic E-state index is -5.08. The third-order valence-electron chi connectivity index (χ3n) is 7.97. The van der Waals surface area contributed by atoms with Crippen LogP contribution in [0.15, 0.2) is 96.4 Å². The summed E-state index contributed by atoms with van der Waals surface area (Å²) in [4.78, 5) is 40.7. The molecule has 1 aliphatic heterocycles. The number of halogens is 3.